The van der Waals surface area contributed by atoms with Gasteiger partial charge >= 0.3 is 5.97 Å². The van der Waals surface area contributed by atoms with Crippen molar-refractivity contribution in [2.45, 2.75) is 6.92 Å². The molecule has 3 aromatic carbocycles. The van der Waals surface area contributed by atoms with Gasteiger partial charge in [0, 0.05) is 25.8 Å². The Labute approximate surface area is 179 Å². The molecule has 0 aliphatic carbocycles. The van der Waals surface area contributed by atoms with Crippen molar-refractivity contribution in [1.82, 2.24) is 0 Å². The Hall–Kier alpha value is -3.94. The van der Waals surface area contributed by atoms with E-state index in [-0.39, 0.29) is 5.69 Å². The van der Waals surface area contributed by atoms with Gasteiger partial charge in [-0.05, 0) is 67.6 Å². The molecule has 0 saturated heterocycles. The van der Waals surface area contributed by atoms with Crippen molar-refractivity contribution in [3.8, 4) is 0 Å². The zero-order chi connectivity index (χ0) is 22.2. The number of halogens is 1. The largest absolute Gasteiger partial charge is 0.462 e. The van der Waals surface area contributed by atoms with Crippen molar-refractivity contribution in [1.29, 1.82) is 0 Å². The average molecular weight is 419 g/mol. The lowest BCUT2D eigenvalue weighted by molar-refractivity contribution is 0.0526. The Morgan fingerprint density at radius 3 is 1.97 bits per heavy atom. The summed E-state index contributed by atoms with van der Waals surface area (Å²) < 4.78 is 19.3. The van der Waals surface area contributed by atoms with Gasteiger partial charge in [-0.1, -0.05) is 0 Å². The molecule has 0 N–H and O–H groups in total. The quantitative estimate of drug-likeness (QED) is 0.309. The summed E-state index contributed by atoms with van der Waals surface area (Å²) in [7, 11) is 3.90. The van der Waals surface area contributed by atoms with Crippen molar-refractivity contribution in [2.24, 2.45) is 20.5 Å². The Kier molecular flexibility index (Phi) is 7.16. The molecule has 3 aromatic rings. The highest BCUT2D eigenvalue weighted by molar-refractivity contribution is 5.89. The molecule has 0 atom stereocenters. The molecule has 0 spiro atoms. The van der Waals surface area contributed by atoms with Crippen molar-refractivity contribution in [3.63, 3.8) is 0 Å². The van der Waals surface area contributed by atoms with Gasteiger partial charge in [0.15, 0.2) is 5.82 Å². The van der Waals surface area contributed by atoms with E-state index in [2.05, 4.69) is 20.5 Å². The maximum Gasteiger partial charge on any atom is 0.338 e. The van der Waals surface area contributed by atoms with Crippen LogP contribution in [0.4, 0.5) is 32.8 Å². The zero-order valence-electron chi connectivity index (χ0n) is 17.5. The van der Waals surface area contributed by atoms with E-state index in [1.807, 2.05) is 43.3 Å². The number of azo groups is 2. The second-order valence-corrected chi connectivity index (χ2v) is 6.71. The first-order valence-corrected chi connectivity index (χ1v) is 9.64. The zero-order valence-corrected chi connectivity index (χ0v) is 17.5. The molecule has 0 heterocycles. The van der Waals surface area contributed by atoms with Gasteiger partial charge in [0.2, 0.25) is 0 Å². The predicted octanol–water partition coefficient (Wildman–Crippen LogP) is 6.90. The molecule has 158 valence electrons. The molecule has 0 aliphatic heterocycles. The highest BCUT2D eigenvalue weighted by Crippen LogP contribution is 2.27. The SMILES string of the molecule is CCOC(=O)c1ccc(N=Nc2ccc(N=Nc3ccc(N(C)C)cc3)c(F)c2)cc1. The number of rotatable bonds is 7. The second-order valence-electron chi connectivity index (χ2n) is 6.71. The first-order chi connectivity index (χ1) is 15.0. The summed E-state index contributed by atoms with van der Waals surface area (Å²) in [5.41, 5.74) is 3.06. The monoisotopic (exact) mass is 419 g/mol. The minimum Gasteiger partial charge on any atom is -0.462 e. The summed E-state index contributed by atoms with van der Waals surface area (Å²) in [5.74, 6) is -0.950. The molecule has 0 aromatic heterocycles. The highest BCUT2D eigenvalue weighted by Gasteiger charge is 2.06. The van der Waals surface area contributed by atoms with Crippen LogP contribution in [0.25, 0.3) is 0 Å². The fourth-order valence-corrected chi connectivity index (χ4v) is 2.56. The lowest BCUT2D eigenvalue weighted by Gasteiger charge is -2.11. The molecular weight excluding hydrogens is 397 g/mol. The normalized spacial score (nSPS) is 11.2. The van der Waals surface area contributed by atoms with Crippen LogP contribution in [0, 0.1) is 5.82 Å². The number of benzene rings is 3. The van der Waals surface area contributed by atoms with Crippen molar-refractivity contribution >= 4 is 34.4 Å². The smallest absolute Gasteiger partial charge is 0.338 e. The van der Waals surface area contributed by atoms with Crippen LogP contribution in [0.5, 0.6) is 0 Å². The molecule has 8 heteroatoms. The summed E-state index contributed by atoms with van der Waals surface area (Å²) in [4.78, 5) is 13.6. The summed E-state index contributed by atoms with van der Waals surface area (Å²) in [6.07, 6.45) is 0. The van der Waals surface area contributed by atoms with Gasteiger partial charge < -0.3 is 9.64 Å². The van der Waals surface area contributed by atoms with Crippen molar-refractivity contribution < 1.29 is 13.9 Å². The van der Waals surface area contributed by atoms with E-state index in [1.54, 1.807) is 37.3 Å². The number of ether oxygens (including phenoxy) is 1. The molecule has 0 aliphatic rings. The van der Waals surface area contributed by atoms with Gasteiger partial charge in [-0.15, -0.1) is 5.11 Å². The minimum atomic E-state index is -0.553. The van der Waals surface area contributed by atoms with Gasteiger partial charge in [0.05, 0.1) is 29.2 Å². The maximum atomic E-state index is 14.3. The lowest BCUT2D eigenvalue weighted by atomic mass is 10.2. The Bertz CT molecular complexity index is 1090. The third-order valence-corrected chi connectivity index (χ3v) is 4.23. The molecule has 31 heavy (non-hydrogen) atoms. The minimum absolute atomic E-state index is 0.106. The molecule has 0 bridgehead atoms. The number of esters is 1. The summed E-state index contributed by atoms with van der Waals surface area (Å²) in [6, 6.07) is 18.2. The van der Waals surface area contributed by atoms with Crippen molar-refractivity contribution in [2.75, 3.05) is 25.6 Å². The van der Waals surface area contributed by atoms with E-state index >= 15 is 0 Å². The van der Waals surface area contributed by atoms with Crippen LogP contribution < -0.4 is 4.90 Å². The van der Waals surface area contributed by atoms with E-state index < -0.39 is 11.8 Å². The number of hydrogen-bond donors (Lipinski definition) is 0. The summed E-state index contributed by atoms with van der Waals surface area (Å²) in [6.45, 7) is 2.05. The van der Waals surface area contributed by atoms with Gasteiger partial charge in [-0.25, -0.2) is 9.18 Å². The number of carbonyl (C=O) groups is 1. The van der Waals surface area contributed by atoms with Crippen LogP contribution >= 0.6 is 0 Å². The molecule has 0 radical (unpaired) electrons. The lowest BCUT2D eigenvalue weighted by Crippen LogP contribution is -2.07. The van der Waals surface area contributed by atoms with E-state index in [4.69, 9.17) is 4.74 Å². The standard InChI is InChI=1S/C23H22FN5O2/c1-4-31-23(30)16-5-7-17(8-6-16)25-27-19-11-14-22(21(24)15-19)28-26-18-9-12-20(13-10-18)29(2)3/h5-15H,4H2,1-3H3. The first kappa shape index (κ1) is 21.8. The maximum absolute atomic E-state index is 14.3. The number of anilines is 1. The fourth-order valence-electron chi connectivity index (χ4n) is 2.56. The molecule has 3 rings (SSSR count). The average Bonchev–Trinajstić information content (AvgIpc) is 2.78. The van der Waals surface area contributed by atoms with Gasteiger partial charge in [0.1, 0.15) is 5.69 Å². The van der Waals surface area contributed by atoms with Gasteiger partial charge in [-0.3, -0.25) is 0 Å². The number of carbonyl (C=O) groups excluding carboxylic acids is 1. The van der Waals surface area contributed by atoms with E-state index in [9.17, 15) is 9.18 Å². The molecule has 0 fully saturated rings. The summed E-state index contributed by atoms with van der Waals surface area (Å²) >= 11 is 0. The molecule has 7 nitrogen and oxygen atoms in total. The van der Waals surface area contributed by atoms with E-state index in [0.29, 0.717) is 29.2 Å². The Morgan fingerprint density at radius 1 is 0.839 bits per heavy atom. The van der Waals surface area contributed by atoms with Crippen LogP contribution in [-0.2, 0) is 4.74 Å². The Morgan fingerprint density at radius 2 is 1.39 bits per heavy atom. The third kappa shape index (κ3) is 6.02. The van der Waals surface area contributed by atoms with E-state index in [0.717, 1.165) is 5.69 Å². The van der Waals surface area contributed by atoms with Crippen LogP contribution in [0.1, 0.15) is 17.3 Å². The van der Waals surface area contributed by atoms with Gasteiger partial charge in [-0.2, -0.15) is 15.3 Å². The van der Waals surface area contributed by atoms with Gasteiger partial charge in [0.25, 0.3) is 0 Å². The van der Waals surface area contributed by atoms with Crippen LogP contribution in [-0.4, -0.2) is 26.7 Å². The molecule has 0 amide bonds. The molecular formula is C23H22FN5O2. The third-order valence-electron chi connectivity index (χ3n) is 4.23. The van der Waals surface area contributed by atoms with Crippen LogP contribution in [0.3, 0.4) is 0 Å². The second kappa shape index (κ2) is 10.2. The van der Waals surface area contributed by atoms with Crippen LogP contribution in [0.2, 0.25) is 0 Å². The topological polar surface area (TPSA) is 79.0 Å². The highest BCUT2D eigenvalue weighted by atomic mass is 19.1. The Balaban J connectivity index is 1.66. The first-order valence-electron chi connectivity index (χ1n) is 9.64. The number of nitrogens with zero attached hydrogens (tertiary/aromatic N) is 5. The number of hydrogen-bond acceptors (Lipinski definition) is 7. The fraction of sp³-hybridized carbons (Fsp3) is 0.174. The van der Waals surface area contributed by atoms with Crippen molar-refractivity contribution in [3.05, 3.63) is 78.1 Å². The molecule has 0 saturated carbocycles. The summed E-state index contributed by atoms with van der Waals surface area (Å²) in [5, 5.41) is 16.1. The van der Waals surface area contributed by atoms with E-state index in [1.165, 1.54) is 12.1 Å². The molecule has 0 unspecified atom stereocenters. The van der Waals surface area contributed by atoms with Crippen LogP contribution in [0.15, 0.2) is 87.2 Å². The predicted molar refractivity (Wildman–Crippen MR) is 118 cm³/mol.